The zero-order chi connectivity index (χ0) is 24.7. The van der Waals surface area contributed by atoms with Gasteiger partial charge in [0.2, 0.25) is 0 Å². The van der Waals surface area contributed by atoms with Crippen LogP contribution in [0.3, 0.4) is 0 Å². The third-order valence-electron chi connectivity index (χ3n) is 8.14. The number of unbranched alkanes of at least 4 members (excludes halogenated alkanes) is 10. The van der Waals surface area contributed by atoms with Crippen molar-refractivity contribution in [3.8, 4) is 0 Å². The highest BCUT2D eigenvalue weighted by Gasteiger charge is 2.16. The standard InChI is InChI=1S/C34H44N2/c1-3-5-7-9-11-17-23-35-31-21-15-13-19-27(31)29-26-34-30(25-33(29)35)28-20-14-16-22-32(28)36(34)24-18-12-10-8-6-4-2/h13-16,19-22,25-26H,3-12,17-18,23-24H2,1-2H3. The van der Waals surface area contributed by atoms with Gasteiger partial charge in [0.25, 0.3) is 0 Å². The summed E-state index contributed by atoms with van der Waals surface area (Å²) in [6.07, 6.45) is 16.0. The van der Waals surface area contributed by atoms with Gasteiger partial charge in [0.05, 0.1) is 0 Å². The van der Waals surface area contributed by atoms with Crippen LogP contribution in [0.15, 0.2) is 60.7 Å². The van der Waals surface area contributed by atoms with Crippen molar-refractivity contribution in [1.82, 2.24) is 9.13 Å². The number of hydrogen-bond acceptors (Lipinski definition) is 0. The van der Waals surface area contributed by atoms with E-state index in [0.717, 1.165) is 13.1 Å². The number of para-hydroxylation sites is 2. The molecule has 0 fully saturated rings. The highest BCUT2D eigenvalue weighted by Crippen LogP contribution is 2.37. The maximum absolute atomic E-state index is 2.60. The molecule has 5 aromatic rings. The van der Waals surface area contributed by atoms with Gasteiger partial charge in [0, 0.05) is 56.7 Å². The van der Waals surface area contributed by atoms with Crippen LogP contribution >= 0.6 is 0 Å². The summed E-state index contributed by atoms with van der Waals surface area (Å²) >= 11 is 0. The van der Waals surface area contributed by atoms with E-state index in [1.165, 1.54) is 121 Å². The first-order chi connectivity index (χ1) is 17.8. The molecule has 0 unspecified atom stereocenters. The second-order valence-corrected chi connectivity index (χ2v) is 10.8. The molecule has 0 aliphatic heterocycles. The molecule has 2 aromatic heterocycles. The molecule has 0 aliphatic carbocycles. The molecule has 0 N–H and O–H groups in total. The highest BCUT2D eigenvalue weighted by molar-refractivity contribution is 6.17. The average Bonchev–Trinajstić information content (AvgIpc) is 3.39. The molecule has 0 atom stereocenters. The summed E-state index contributed by atoms with van der Waals surface area (Å²) in [6, 6.07) is 23.1. The van der Waals surface area contributed by atoms with Gasteiger partial charge in [-0.3, -0.25) is 0 Å². The van der Waals surface area contributed by atoms with Crippen molar-refractivity contribution in [2.75, 3.05) is 0 Å². The van der Waals surface area contributed by atoms with Gasteiger partial charge in [-0.05, 0) is 37.1 Å². The van der Waals surface area contributed by atoms with E-state index in [-0.39, 0.29) is 0 Å². The van der Waals surface area contributed by atoms with Gasteiger partial charge in [0.15, 0.2) is 0 Å². The Hall–Kier alpha value is -2.74. The van der Waals surface area contributed by atoms with Crippen LogP contribution in [0.25, 0.3) is 43.6 Å². The van der Waals surface area contributed by atoms with E-state index < -0.39 is 0 Å². The Kier molecular flexibility index (Phi) is 8.31. The first-order valence-electron chi connectivity index (χ1n) is 14.8. The molecule has 2 heteroatoms. The van der Waals surface area contributed by atoms with Crippen LogP contribution in [0.2, 0.25) is 0 Å². The van der Waals surface area contributed by atoms with Gasteiger partial charge >= 0.3 is 0 Å². The molecular formula is C34H44N2. The number of aryl methyl sites for hydroxylation is 2. The molecule has 0 amide bonds. The quantitative estimate of drug-likeness (QED) is 0.140. The smallest absolute Gasteiger partial charge is 0.0499 e. The fourth-order valence-electron chi connectivity index (χ4n) is 6.17. The Morgan fingerprint density at radius 2 is 0.806 bits per heavy atom. The Morgan fingerprint density at radius 1 is 0.417 bits per heavy atom. The SMILES string of the molecule is CCCCCCCCn1c2ccccc2c2cc3c(cc21)c1ccccc1n3CCCCCCCC. The van der Waals surface area contributed by atoms with Gasteiger partial charge in [-0.2, -0.15) is 0 Å². The lowest BCUT2D eigenvalue weighted by molar-refractivity contribution is 0.570. The van der Waals surface area contributed by atoms with Crippen molar-refractivity contribution in [2.24, 2.45) is 0 Å². The van der Waals surface area contributed by atoms with Gasteiger partial charge in [0.1, 0.15) is 0 Å². The summed E-state index contributed by atoms with van der Waals surface area (Å²) in [5, 5.41) is 5.63. The molecule has 5 rings (SSSR count). The van der Waals surface area contributed by atoms with Crippen LogP contribution < -0.4 is 0 Å². The van der Waals surface area contributed by atoms with Crippen LogP contribution in [-0.4, -0.2) is 9.13 Å². The van der Waals surface area contributed by atoms with Crippen LogP contribution in [0.1, 0.15) is 90.9 Å². The minimum absolute atomic E-state index is 1.11. The molecule has 2 nitrogen and oxygen atoms in total. The third-order valence-corrected chi connectivity index (χ3v) is 8.14. The van der Waals surface area contributed by atoms with Crippen molar-refractivity contribution in [2.45, 2.75) is 104 Å². The van der Waals surface area contributed by atoms with Crippen molar-refractivity contribution in [3.05, 3.63) is 60.7 Å². The van der Waals surface area contributed by atoms with Gasteiger partial charge in [-0.25, -0.2) is 0 Å². The molecule has 0 radical (unpaired) electrons. The second kappa shape index (κ2) is 12.0. The van der Waals surface area contributed by atoms with Crippen LogP contribution in [0, 0.1) is 0 Å². The molecule has 190 valence electrons. The molecule has 0 aliphatic rings. The lowest BCUT2D eigenvalue weighted by Gasteiger charge is -2.09. The van der Waals surface area contributed by atoms with E-state index in [0.29, 0.717) is 0 Å². The van der Waals surface area contributed by atoms with E-state index in [9.17, 15) is 0 Å². The number of fused-ring (bicyclic) bond motifs is 6. The molecule has 2 heterocycles. The van der Waals surface area contributed by atoms with Gasteiger partial charge in [-0.1, -0.05) is 114 Å². The molecule has 3 aromatic carbocycles. The number of rotatable bonds is 14. The summed E-state index contributed by atoms with van der Waals surface area (Å²) < 4.78 is 5.20. The third kappa shape index (κ3) is 5.05. The zero-order valence-electron chi connectivity index (χ0n) is 22.6. The number of benzene rings is 3. The molecule has 0 saturated heterocycles. The van der Waals surface area contributed by atoms with Crippen molar-refractivity contribution >= 4 is 43.6 Å². The van der Waals surface area contributed by atoms with E-state index in [4.69, 9.17) is 0 Å². The first kappa shape index (κ1) is 24.9. The molecule has 0 bridgehead atoms. The fourth-order valence-corrected chi connectivity index (χ4v) is 6.17. The van der Waals surface area contributed by atoms with E-state index in [1.807, 2.05) is 0 Å². The number of aromatic nitrogens is 2. The zero-order valence-corrected chi connectivity index (χ0v) is 22.6. The summed E-state index contributed by atoms with van der Waals surface area (Å²) in [5.74, 6) is 0. The van der Waals surface area contributed by atoms with Gasteiger partial charge < -0.3 is 9.13 Å². The van der Waals surface area contributed by atoms with Crippen molar-refractivity contribution in [1.29, 1.82) is 0 Å². The lowest BCUT2D eigenvalue weighted by atomic mass is 10.1. The number of hydrogen-bond donors (Lipinski definition) is 0. The van der Waals surface area contributed by atoms with E-state index in [1.54, 1.807) is 0 Å². The molecule has 36 heavy (non-hydrogen) atoms. The maximum atomic E-state index is 2.60. The Labute approximate surface area is 217 Å². The van der Waals surface area contributed by atoms with Crippen LogP contribution in [-0.2, 0) is 13.1 Å². The van der Waals surface area contributed by atoms with E-state index >= 15 is 0 Å². The second-order valence-electron chi connectivity index (χ2n) is 10.8. The van der Waals surface area contributed by atoms with Gasteiger partial charge in [-0.15, -0.1) is 0 Å². The Bertz CT molecular complexity index is 1310. The molecule has 0 saturated carbocycles. The Morgan fingerprint density at radius 3 is 1.25 bits per heavy atom. The monoisotopic (exact) mass is 480 g/mol. The van der Waals surface area contributed by atoms with Crippen LogP contribution in [0.5, 0.6) is 0 Å². The predicted octanol–water partition coefficient (Wildman–Crippen LogP) is 10.6. The highest BCUT2D eigenvalue weighted by atomic mass is 15.0. The minimum atomic E-state index is 1.11. The summed E-state index contributed by atoms with van der Waals surface area (Å²) in [6.45, 7) is 6.81. The lowest BCUT2D eigenvalue weighted by Crippen LogP contribution is -1.99. The van der Waals surface area contributed by atoms with E-state index in [2.05, 4.69) is 83.6 Å². The maximum Gasteiger partial charge on any atom is 0.0499 e. The van der Waals surface area contributed by atoms with Crippen molar-refractivity contribution in [3.63, 3.8) is 0 Å². The fraction of sp³-hybridized carbons (Fsp3) is 0.471. The Balaban J connectivity index is 1.52. The summed E-state index contributed by atoms with van der Waals surface area (Å²) in [4.78, 5) is 0. The minimum Gasteiger partial charge on any atom is -0.340 e. The molecular weight excluding hydrogens is 436 g/mol. The largest absolute Gasteiger partial charge is 0.340 e. The summed E-state index contributed by atoms with van der Waals surface area (Å²) in [5.41, 5.74) is 5.58. The topological polar surface area (TPSA) is 9.86 Å². The number of nitrogens with zero attached hydrogens (tertiary/aromatic N) is 2. The average molecular weight is 481 g/mol. The van der Waals surface area contributed by atoms with Crippen molar-refractivity contribution < 1.29 is 0 Å². The molecule has 0 spiro atoms. The normalized spacial score (nSPS) is 12.1. The predicted molar refractivity (Wildman–Crippen MR) is 159 cm³/mol. The summed E-state index contributed by atoms with van der Waals surface area (Å²) in [7, 11) is 0. The first-order valence-corrected chi connectivity index (χ1v) is 14.8. The van der Waals surface area contributed by atoms with Crippen LogP contribution in [0.4, 0.5) is 0 Å².